The Morgan fingerprint density at radius 1 is 1.12 bits per heavy atom. The average molecular weight is 325 g/mol. The topological polar surface area (TPSA) is 49.6 Å². The molecule has 2 aromatic rings. The van der Waals surface area contributed by atoms with Gasteiger partial charge < -0.3 is 14.3 Å². The Hall–Kier alpha value is -2.14. The smallest absolute Gasteiger partial charge is 0.276 e. The van der Waals surface area contributed by atoms with Crippen LogP contribution in [0.25, 0.3) is 11.3 Å². The number of likely N-dealkylation sites (N-methyl/N-ethyl adjacent to an activating group) is 1. The largest absolute Gasteiger partial charge is 0.355 e. The second kappa shape index (κ2) is 6.40. The Morgan fingerprint density at radius 3 is 2.62 bits per heavy atom. The summed E-state index contributed by atoms with van der Waals surface area (Å²) in [5.74, 6) is 0.649. The number of hydrogen-bond acceptors (Lipinski definition) is 4. The third kappa shape index (κ3) is 2.73. The molecule has 5 heteroatoms. The van der Waals surface area contributed by atoms with E-state index in [0.29, 0.717) is 23.5 Å². The van der Waals surface area contributed by atoms with Crippen LogP contribution in [0.1, 0.15) is 36.2 Å². The lowest BCUT2D eigenvalue weighted by Gasteiger charge is -2.32. The highest BCUT2D eigenvalue weighted by atomic mass is 16.5. The minimum absolute atomic E-state index is 0.00345. The lowest BCUT2D eigenvalue weighted by atomic mass is 10.0. The summed E-state index contributed by atoms with van der Waals surface area (Å²) < 4.78 is 5.41. The van der Waals surface area contributed by atoms with E-state index in [9.17, 15) is 4.79 Å². The third-order valence-electron chi connectivity index (χ3n) is 5.37. The van der Waals surface area contributed by atoms with Crippen LogP contribution in [-0.2, 0) is 0 Å². The van der Waals surface area contributed by atoms with Gasteiger partial charge in [0, 0.05) is 30.3 Å². The molecular weight excluding hydrogens is 302 g/mol. The van der Waals surface area contributed by atoms with E-state index in [1.165, 1.54) is 12.8 Å². The molecule has 0 radical (unpaired) electrons. The third-order valence-corrected chi connectivity index (χ3v) is 5.37. The highest BCUT2D eigenvalue weighted by molar-refractivity contribution is 5.93. The summed E-state index contributed by atoms with van der Waals surface area (Å²) in [6, 6.07) is 12.3. The molecule has 1 aromatic heterocycles. The molecule has 2 unspecified atom stereocenters. The normalized spacial score (nSPS) is 24.6. The van der Waals surface area contributed by atoms with E-state index in [1.54, 1.807) is 6.07 Å². The number of aromatic nitrogens is 1. The second-order valence-corrected chi connectivity index (χ2v) is 6.84. The quantitative estimate of drug-likeness (QED) is 0.870. The summed E-state index contributed by atoms with van der Waals surface area (Å²) in [7, 11) is 2.17. The SMILES string of the molecule is CN1CCCC1C1CCCN1C(=O)c1cc(-c2ccccc2)on1. The fourth-order valence-corrected chi connectivity index (χ4v) is 4.13. The van der Waals surface area contributed by atoms with Crippen molar-refractivity contribution in [3.8, 4) is 11.3 Å². The molecule has 126 valence electrons. The molecule has 24 heavy (non-hydrogen) atoms. The van der Waals surface area contributed by atoms with Crippen molar-refractivity contribution in [1.82, 2.24) is 15.0 Å². The van der Waals surface area contributed by atoms with Gasteiger partial charge in [-0.2, -0.15) is 0 Å². The van der Waals surface area contributed by atoms with Crippen molar-refractivity contribution in [3.63, 3.8) is 0 Å². The van der Waals surface area contributed by atoms with Crippen LogP contribution in [0.3, 0.4) is 0 Å². The molecule has 0 spiro atoms. The molecule has 2 aliphatic rings. The minimum atomic E-state index is 0.00345. The summed E-state index contributed by atoms with van der Waals surface area (Å²) in [4.78, 5) is 17.4. The molecule has 2 atom stereocenters. The first-order chi connectivity index (χ1) is 11.7. The van der Waals surface area contributed by atoms with E-state index in [4.69, 9.17) is 4.52 Å². The number of carbonyl (C=O) groups excluding carboxylic acids is 1. The van der Waals surface area contributed by atoms with Crippen LogP contribution in [0.15, 0.2) is 40.9 Å². The highest BCUT2D eigenvalue weighted by Gasteiger charge is 2.39. The standard InChI is InChI=1S/C19H23N3O2/c1-21-11-5-9-16(21)17-10-6-12-22(17)19(23)15-13-18(24-20-15)14-7-3-2-4-8-14/h2-4,7-8,13,16-17H,5-6,9-12H2,1H3. The Bertz CT molecular complexity index is 712. The number of hydrogen-bond donors (Lipinski definition) is 0. The molecule has 5 nitrogen and oxygen atoms in total. The molecule has 2 fully saturated rings. The number of nitrogens with zero attached hydrogens (tertiary/aromatic N) is 3. The van der Waals surface area contributed by atoms with Gasteiger partial charge in [0.25, 0.3) is 5.91 Å². The van der Waals surface area contributed by atoms with Gasteiger partial charge in [0.1, 0.15) is 0 Å². The van der Waals surface area contributed by atoms with Crippen LogP contribution in [0.4, 0.5) is 0 Å². The van der Waals surface area contributed by atoms with Crippen molar-refractivity contribution in [2.24, 2.45) is 0 Å². The van der Waals surface area contributed by atoms with Gasteiger partial charge in [-0.25, -0.2) is 0 Å². The van der Waals surface area contributed by atoms with E-state index < -0.39 is 0 Å². The summed E-state index contributed by atoms with van der Waals surface area (Å²) in [5.41, 5.74) is 1.36. The lowest BCUT2D eigenvalue weighted by molar-refractivity contribution is 0.0654. The Kier molecular flexibility index (Phi) is 4.10. The monoisotopic (exact) mass is 325 g/mol. The predicted octanol–water partition coefficient (Wildman–Crippen LogP) is 3.04. The zero-order chi connectivity index (χ0) is 16.5. The van der Waals surface area contributed by atoms with Crippen LogP contribution in [0.5, 0.6) is 0 Å². The Morgan fingerprint density at radius 2 is 1.88 bits per heavy atom. The van der Waals surface area contributed by atoms with E-state index in [1.807, 2.05) is 35.2 Å². The lowest BCUT2D eigenvalue weighted by Crippen LogP contribution is -2.47. The molecular formula is C19H23N3O2. The molecule has 1 aromatic carbocycles. The summed E-state index contributed by atoms with van der Waals surface area (Å²) >= 11 is 0. The second-order valence-electron chi connectivity index (χ2n) is 6.84. The first-order valence-electron chi connectivity index (χ1n) is 8.77. The number of carbonyl (C=O) groups is 1. The van der Waals surface area contributed by atoms with Crippen molar-refractivity contribution in [2.75, 3.05) is 20.1 Å². The molecule has 2 aliphatic heterocycles. The molecule has 4 rings (SSSR count). The van der Waals surface area contributed by atoms with Crippen molar-refractivity contribution in [2.45, 2.75) is 37.8 Å². The van der Waals surface area contributed by atoms with Gasteiger partial charge in [-0.1, -0.05) is 35.5 Å². The number of amides is 1. The van der Waals surface area contributed by atoms with Crippen molar-refractivity contribution >= 4 is 5.91 Å². The van der Waals surface area contributed by atoms with Gasteiger partial charge in [-0.3, -0.25) is 4.79 Å². The molecule has 1 amide bonds. The van der Waals surface area contributed by atoms with Crippen LogP contribution in [-0.4, -0.2) is 53.1 Å². The number of rotatable bonds is 3. The summed E-state index contributed by atoms with van der Waals surface area (Å²) in [6.45, 7) is 1.95. The fraction of sp³-hybridized carbons (Fsp3) is 0.474. The highest BCUT2D eigenvalue weighted by Crippen LogP contribution is 2.30. The first-order valence-corrected chi connectivity index (χ1v) is 8.77. The molecule has 2 saturated heterocycles. The van der Waals surface area contributed by atoms with Crippen LogP contribution < -0.4 is 0 Å². The fourth-order valence-electron chi connectivity index (χ4n) is 4.13. The van der Waals surface area contributed by atoms with E-state index in [0.717, 1.165) is 31.5 Å². The summed E-state index contributed by atoms with van der Waals surface area (Å²) in [6.07, 6.45) is 4.56. The maximum absolute atomic E-state index is 13.0. The van der Waals surface area contributed by atoms with E-state index in [-0.39, 0.29) is 5.91 Å². The Labute approximate surface area is 142 Å². The Balaban J connectivity index is 1.54. The average Bonchev–Trinajstić information content (AvgIpc) is 3.35. The van der Waals surface area contributed by atoms with Crippen LogP contribution >= 0.6 is 0 Å². The zero-order valence-corrected chi connectivity index (χ0v) is 14.0. The van der Waals surface area contributed by atoms with Crippen molar-refractivity contribution < 1.29 is 9.32 Å². The van der Waals surface area contributed by atoms with Crippen molar-refractivity contribution in [3.05, 3.63) is 42.1 Å². The van der Waals surface area contributed by atoms with Gasteiger partial charge in [0.05, 0.1) is 0 Å². The number of benzene rings is 1. The van der Waals surface area contributed by atoms with E-state index in [2.05, 4.69) is 17.1 Å². The van der Waals surface area contributed by atoms with Gasteiger partial charge in [0.15, 0.2) is 11.5 Å². The first kappa shape index (κ1) is 15.4. The van der Waals surface area contributed by atoms with Gasteiger partial charge in [-0.15, -0.1) is 0 Å². The minimum Gasteiger partial charge on any atom is -0.355 e. The van der Waals surface area contributed by atoms with E-state index >= 15 is 0 Å². The molecule has 0 N–H and O–H groups in total. The maximum Gasteiger partial charge on any atom is 0.276 e. The van der Waals surface area contributed by atoms with Gasteiger partial charge in [-0.05, 0) is 39.3 Å². The van der Waals surface area contributed by atoms with Crippen LogP contribution in [0, 0.1) is 0 Å². The maximum atomic E-state index is 13.0. The van der Waals surface area contributed by atoms with Gasteiger partial charge in [0.2, 0.25) is 0 Å². The number of likely N-dealkylation sites (tertiary alicyclic amines) is 2. The van der Waals surface area contributed by atoms with Crippen LogP contribution in [0.2, 0.25) is 0 Å². The predicted molar refractivity (Wildman–Crippen MR) is 91.6 cm³/mol. The van der Waals surface area contributed by atoms with Crippen molar-refractivity contribution in [1.29, 1.82) is 0 Å². The summed E-state index contributed by atoms with van der Waals surface area (Å²) in [5, 5.41) is 4.04. The zero-order valence-electron chi connectivity index (χ0n) is 14.0. The molecule has 3 heterocycles. The molecule has 0 saturated carbocycles. The molecule has 0 aliphatic carbocycles. The van der Waals surface area contributed by atoms with Gasteiger partial charge >= 0.3 is 0 Å². The molecule has 0 bridgehead atoms.